The van der Waals surface area contributed by atoms with Gasteiger partial charge < -0.3 is 10.4 Å². The summed E-state index contributed by atoms with van der Waals surface area (Å²) in [7, 11) is 1.95. The van der Waals surface area contributed by atoms with Crippen molar-refractivity contribution in [2.75, 3.05) is 13.7 Å². The molecule has 11 heavy (non-hydrogen) atoms. The van der Waals surface area contributed by atoms with E-state index >= 15 is 0 Å². The first-order valence-electron chi connectivity index (χ1n) is 4.52. The van der Waals surface area contributed by atoms with E-state index in [-0.39, 0.29) is 12.1 Å². The summed E-state index contributed by atoms with van der Waals surface area (Å²) in [6.07, 6.45) is 4.83. The molecule has 1 aliphatic carbocycles. The molecule has 2 atom stereocenters. The van der Waals surface area contributed by atoms with Gasteiger partial charge in [0.15, 0.2) is 0 Å². The lowest BCUT2D eigenvalue weighted by Crippen LogP contribution is -2.49. The zero-order chi connectivity index (χ0) is 8.32. The fourth-order valence-electron chi connectivity index (χ4n) is 2.11. The third-order valence-electron chi connectivity index (χ3n) is 2.92. The maximum atomic E-state index is 9.20. The standard InChI is InChI=1S/C9H19NO/c1-8-4-3-5-9(6-8,7-11)10-2/h8,10-11H,3-7H2,1-2H3. The van der Waals surface area contributed by atoms with Gasteiger partial charge in [-0.15, -0.1) is 0 Å². The molecular formula is C9H19NO. The number of likely N-dealkylation sites (N-methyl/N-ethyl adjacent to an activating group) is 1. The van der Waals surface area contributed by atoms with Crippen LogP contribution in [0.2, 0.25) is 0 Å². The monoisotopic (exact) mass is 157 g/mol. The maximum Gasteiger partial charge on any atom is 0.0613 e. The van der Waals surface area contributed by atoms with Crippen molar-refractivity contribution < 1.29 is 5.11 Å². The number of nitrogens with one attached hydrogen (secondary N) is 1. The Morgan fingerprint density at radius 2 is 2.36 bits per heavy atom. The lowest BCUT2D eigenvalue weighted by molar-refractivity contribution is 0.107. The van der Waals surface area contributed by atoms with Gasteiger partial charge in [0.05, 0.1) is 6.61 Å². The number of hydrogen-bond acceptors (Lipinski definition) is 2. The lowest BCUT2D eigenvalue weighted by atomic mass is 9.77. The van der Waals surface area contributed by atoms with Gasteiger partial charge in [-0.2, -0.15) is 0 Å². The predicted octanol–water partition coefficient (Wildman–Crippen LogP) is 1.15. The highest BCUT2D eigenvalue weighted by atomic mass is 16.3. The molecule has 1 fully saturated rings. The Kier molecular flexibility index (Phi) is 2.90. The van der Waals surface area contributed by atoms with Crippen molar-refractivity contribution in [3.8, 4) is 0 Å². The van der Waals surface area contributed by atoms with Crippen LogP contribution in [-0.4, -0.2) is 24.3 Å². The second kappa shape index (κ2) is 3.55. The normalized spacial score (nSPS) is 39.0. The Morgan fingerprint density at radius 1 is 1.64 bits per heavy atom. The van der Waals surface area contributed by atoms with E-state index in [9.17, 15) is 5.11 Å². The number of aliphatic hydroxyl groups excluding tert-OH is 1. The third-order valence-corrected chi connectivity index (χ3v) is 2.92. The number of aliphatic hydroxyl groups is 1. The lowest BCUT2D eigenvalue weighted by Gasteiger charge is -2.38. The Labute approximate surface area is 69.0 Å². The Bertz CT molecular complexity index is 121. The summed E-state index contributed by atoms with van der Waals surface area (Å²) >= 11 is 0. The van der Waals surface area contributed by atoms with Gasteiger partial charge in [-0.05, 0) is 25.8 Å². The van der Waals surface area contributed by atoms with Gasteiger partial charge in [0.25, 0.3) is 0 Å². The van der Waals surface area contributed by atoms with E-state index in [1.807, 2.05) is 7.05 Å². The van der Waals surface area contributed by atoms with E-state index < -0.39 is 0 Å². The first-order chi connectivity index (χ1) is 5.22. The van der Waals surface area contributed by atoms with Gasteiger partial charge in [0.1, 0.15) is 0 Å². The molecule has 2 heteroatoms. The molecule has 66 valence electrons. The molecule has 0 amide bonds. The SMILES string of the molecule is CNC1(CO)CCCC(C)C1. The largest absolute Gasteiger partial charge is 0.394 e. The average Bonchev–Trinajstić information content (AvgIpc) is 2.04. The summed E-state index contributed by atoms with van der Waals surface area (Å²) in [6.45, 7) is 2.55. The fraction of sp³-hybridized carbons (Fsp3) is 1.00. The van der Waals surface area contributed by atoms with E-state index in [0.717, 1.165) is 18.8 Å². The van der Waals surface area contributed by atoms with Crippen LogP contribution in [0.4, 0.5) is 0 Å². The third kappa shape index (κ3) is 1.94. The minimum atomic E-state index is 0.0394. The predicted molar refractivity (Wildman–Crippen MR) is 46.5 cm³/mol. The van der Waals surface area contributed by atoms with Gasteiger partial charge in [-0.25, -0.2) is 0 Å². The molecule has 1 saturated carbocycles. The highest BCUT2D eigenvalue weighted by Gasteiger charge is 2.32. The molecule has 0 saturated heterocycles. The molecule has 1 rings (SSSR count). The molecule has 2 nitrogen and oxygen atoms in total. The highest BCUT2D eigenvalue weighted by molar-refractivity contribution is 4.90. The molecular weight excluding hydrogens is 138 g/mol. The Balaban J connectivity index is 2.52. The summed E-state index contributed by atoms with van der Waals surface area (Å²) in [5, 5.41) is 12.4. The molecule has 0 bridgehead atoms. The van der Waals surface area contributed by atoms with Crippen molar-refractivity contribution in [1.29, 1.82) is 0 Å². The zero-order valence-electron chi connectivity index (χ0n) is 7.56. The molecule has 2 N–H and O–H groups in total. The van der Waals surface area contributed by atoms with Crippen LogP contribution in [0, 0.1) is 5.92 Å². The van der Waals surface area contributed by atoms with Crippen LogP contribution >= 0.6 is 0 Å². The molecule has 0 heterocycles. The molecule has 0 aromatic rings. The molecule has 0 aromatic carbocycles. The molecule has 0 spiro atoms. The van der Waals surface area contributed by atoms with E-state index in [1.165, 1.54) is 12.8 Å². The topological polar surface area (TPSA) is 32.3 Å². The minimum absolute atomic E-state index is 0.0394. The van der Waals surface area contributed by atoms with Crippen molar-refractivity contribution in [2.45, 2.75) is 38.1 Å². The van der Waals surface area contributed by atoms with Crippen molar-refractivity contribution >= 4 is 0 Å². The average molecular weight is 157 g/mol. The van der Waals surface area contributed by atoms with Crippen LogP contribution in [0.15, 0.2) is 0 Å². The van der Waals surface area contributed by atoms with Crippen LogP contribution < -0.4 is 5.32 Å². The Morgan fingerprint density at radius 3 is 2.73 bits per heavy atom. The second-order valence-corrected chi connectivity index (χ2v) is 3.89. The van der Waals surface area contributed by atoms with Crippen LogP contribution in [-0.2, 0) is 0 Å². The summed E-state index contributed by atoms with van der Waals surface area (Å²) in [5.74, 6) is 0.767. The smallest absolute Gasteiger partial charge is 0.0613 e. The van der Waals surface area contributed by atoms with Crippen LogP contribution in [0.1, 0.15) is 32.6 Å². The molecule has 0 radical (unpaired) electrons. The summed E-state index contributed by atoms with van der Waals surface area (Å²) < 4.78 is 0. The van der Waals surface area contributed by atoms with Crippen molar-refractivity contribution in [3.05, 3.63) is 0 Å². The molecule has 0 aliphatic heterocycles. The zero-order valence-corrected chi connectivity index (χ0v) is 7.56. The van der Waals surface area contributed by atoms with Gasteiger partial charge in [0, 0.05) is 5.54 Å². The molecule has 2 unspecified atom stereocenters. The van der Waals surface area contributed by atoms with Crippen LogP contribution in [0.3, 0.4) is 0 Å². The first-order valence-corrected chi connectivity index (χ1v) is 4.52. The summed E-state index contributed by atoms with van der Waals surface area (Å²) in [4.78, 5) is 0. The van der Waals surface area contributed by atoms with Gasteiger partial charge in [0.2, 0.25) is 0 Å². The van der Waals surface area contributed by atoms with Gasteiger partial charge in [-0.3, -0.25) is 0 Å². The van der Waals surface area contributed by atoms with Crippen LogP contribution in [0.5, 0.6) is 0 Å². The quantitative estimate of drug-likeness (QED) is 0.630. The van der Waals surface area contributed by atoms with E-state index in [0.29, 0.717) is 0 Å². The Hall–Kier alpha value is -0.0800. The van der Waals surface area contributed by atoms with E-state index in [2.05, 4.69) is 12.2 Å². The number of rotatable bonds is 2. The summed E-state index contributed by atoms with van der Waals surface area (Å²) in [6, 6.07) is 0. The van der Waals surface area contributed by atoms with Crippen molar-refractivity contribution in [1.82, 2.24) is 5.32 Å². The van der Waals surface area contributed by atoms with E-state index in [1.54, 1.807) is 0 Å². The summed E-state index contributed by atoms with van der Waals surface area (Å²) in [5.41, 5.74) is 0.0394. The van der Waals surface area contributed by atoms with Crippen molar-refractivity contribution in [2.24, 2.45) is 5.92 Å². The highest BCUT2D eigenvalue weighted by Crippen LogP contribution is 2.31. The van der Waals surface area contributed by atoms with E-state index in [4.69, 9.17) is 0 Å². The second-order valence-electron chi connectivity index (χ2n) is 3.89. The minimum Gasteiger partial charge on any atom is -0.394 e. The van der Waals surface area contributed by atoms with Crippen molar-refractivity contribution in [3.63, 3.8) is 0 Å². The molecule has 0 aromatic heterocycles. The van der Waals surface area contributed by atoms with Gasteiger partial charge in [-0.1, -0.05) is 19.8 Å². The fourth-order valence-corrected chi connectivity index (χ4v) is 2.11. The first kappa shape index (κ1) is 9.01. The molecule has 1 aliphatic rings. The van der Waals surface area contributed by atoms with Gasteiger partial charge >= 0.3 is 0 Å². The maximum absolute atomic E-state index is 9.20. The number of hydrogen-bond donors (Lipinski definition) is 2. The van der Waals surface area contributed by atoms with Crippen LogP contribution in [0.25, 0.3) is 0 Å².